The molecule has 1 fully saturated rings. The van der Waals surface area contributed by atoms with Crippen LogP contribution in [0.25, 0.3) is 11.1 Å². The molecular formula is C23H24N4O4. The van der Waals surface area contributed by atoms with Crippen molar-refractivity contribution >= 4 is 5.91 Å². The number of aromatic nitrogens is 3. The van der Waals surface area contributed by atoms with E-state index in [1.54, 1.807) is 16.9 Å². The number of aryl methyl sites for hydroxylation is 1. The molecule has 1 saturated carbocycles. The number of carbonyl (C=O) groups excluding carboxylic acids is 1. The number of nitrogens with zero attached hydrogens (tertiary/aromatic N) is 3. The summed E-state index contributed by atoms with van der Waals surface area (Å²) >= 11 is 0. The highest BCUT2D eigenvalue weighted by atomic mass is 16.7. The predicted molar refractivity (Wildman–Crippen MR) is 113 cm³/mol. The normalized spacial score (nSPS) is 15.4. The van der Waals surface area contributed by atoms with Crippen LogP contribution >= 0.6 is 0 Å². The lowest BCUT2D eigenvalue weighted by molar-refractivity contribution is 0.0998. The van der Waals surface area contributed by atoms with E-state index in [1.807, 2.05) is 31.4 Å². The molecule has 0 bridgehead atoms. The number of nitrogens with two attached hydrogens (primary N) is 1. The van der Waals surface area contributed by atoms with Gasteiger partial charge in [-0.05, 0) is 36.6 Å². The Balaban J connectivity index is 1.53. The molecule has 2 N–H and O–H groups in total. The van der Waals surface area contributed by atoms with Crippen LogP contribution in [-0.2, 0) is 13.7 Å². The summed E-state index contributed by atoms with van der Waals surface area (Å²) in [4.78, 5) is 17.1. The molecule has 5 rings (SSSR count). The second kappa shape index (κ2) is 7.94. The number of amides is 1. The van der Waals surface area contributed by atoms with Crippen molar-refractivity contribution in [3.8, 4) is 28.5 Å². The Labute approximate surface area is 179 Å². The molecule has 1 amide bonds. The fourth-order valence-electron chi connectivity index (χ4n) is 4.28. The highest BCUT2D eigenvalue weighted by molar-refractivity contribution is 5.96. The molecule has 0 saturated heterocycles. The van der Waals surface area contributed by atoms with E-state index >= 15 is 0 Å². The minimum Gasteiger partial charge on any atom is -0.472 e. The molecule has 160 valence electrons. The molecule has 8 nitrogen and oxygen atoms in total. The molecule has 3 heterocycles. The Kier molecular flexibility index (Phi) is 4.97. The van der Waals surface area contributed by atoms with Gasteiger partial charge in [0.15, 0.2) is 11.5 Å². The van der Waals surface area contributed by atoms with Gasteiger partial charge in [0.05, 0.1) is 17.5 Å². The van der Waals surface area contributed by atoms with Crippen molar-refractivity contribution in [3.63, 3.8) is 0 Å². The highest BCUT2D eigenvalue weighted by Gasteiger charge is 2.26. The minimum absolute atomic E-state index is 0.221. The molecule has 3 aromatic rings. The largest absolute Gasteiger partial charge is 0.472 e. The van der Waals surface area contributed by atoms with Crippen LogP contribution in [-0.4, -0.2) is 27.5 Å². The van der Waals surface area contributed by atoms with Crippen molar-refractivity contribution in [3.05, 3.63) is 53.5 Å². The Hall–Kier alpha value is -3.55. The van der Waals surface area contributed by atoms with Crippen LogP contribution in [0.5, 0.6) is 17.4 Å². The lowest BCUT2D eigenvalue weighted by Crippen LogP contribution is -2.17. The number of hydrogen-bond acceptors (Lipinski definition) is 6. The maximum absolute atomic E-state index is 12.3. The van der Waals surface area contributed by atoms with E-state index in [9.17, 15) is 4.79 Å². The third kappa shape index (κ3) is 3.81. The molecule has 0 spiro atoms. The lowest BCUT2D eigenvalue weighted by atomic mass is 9.96. The molecule has 2 aromatic heterocycles. The van der Waals surface area contributed by atoms with E-state index in [0.717, 1.165) is 48.3 Å². The van der Waals surface area contributed by atoms with E-state index in [4.69, 9.17) is 24.9 Å². The van der Waals surface area contributed by atoms with Gasteiger partial charge in [0.2, 0.25) is 12.7 Å². The molecule has 2 aliphatic rings. The lowest BCUT2D eigenvalue weighted by Gasteiger charge is -2.17. The summed E-state index contributed by atoms with van der Waals surface area (Å²) in [5.74, 6) is 1.65. The SMILES string of the molecule is Cn1cc(-c2cc(C(N)=O)c(C3CCCC3)nc2OCc2ccc3c(c2)OCO3)cn1. The number of rotatable bonds is 6. The smallest absolute Gasteiger partial charge is 0.250 e. The van der Waals surface area contributed by atoms with E-state index in [2.05, 4.69) is 5.10 Å². The van der Waals surface area contributed by atoms with Crippen LogP contribution < -0.4 is 19.9 Å². The van der Waals surface area contributed by atoms with E-state index in [-0.39, 0.29) is 12.7 Å². The molecule has 0 radical (unpaired) electrons. The third-order valence-corrected chi connectivity index (χ3v) is 5.85. The van der Waals surface area contributed by atoms with Crippen molar-refractivity contribution < 1.29 is 19.0 Å². The molecule has 1 aromatic carbocycles. The Morgan fingerprint density at radius 1 is 1.23 bits per heavy atom. The number of carbonyl (C=O) groups is 1. The fraction of sp³-hybridized carbons (Fsp3) is 0.348. The summed E-state index contributed by atoms with van der Waals surface area (Å²) < 4.78 is 18.7. The van der Waals surface area contributed by atoms with Gasteiger partial charge in [-0.2, -0.15) is 5.10 Å². The van der Waals surface area contributed by atoms with Crippen molar-refractivity contribution in [2.75, 3.05) is 6.79 Å². The van der Waals surface area contributed by atoms with Gasteiger partial charge in [0.25, 0.3) is 5.91 Å². The van der Waals surface area contributed by atoms with Crippen molar-refractivity contribution in [2.24, 2.45) is 12.8 Å². The predicted octanol–water partition coefficient (Wildman–Crippen LogP) is 3.55. The molecule has 0 unspecified atom stereocenters. The van der Waals surface area contributed by atoms with Crippen LogP contribution in [0.3, 0.4) is 0 Å². The number of ether oxygens (including phenoxy) is 3. The molecule has 1 aliphatic heterocycles. The third-order valence-electron chi connectivity index (χ3n) is 5.85. The van der Waals surface area contributed by atoms with Gasteiger partial charge in [-0.15, -0.1) is 0 Å². The topological polar surface area (TPSA) is 101 Å². The Bertz CT molecular complexity index is 1130. The van der Waals surface area contributed by atoms with Crippen LogP contribution in [0.4, 0.5) is 0 Å². The van der Waals surface area contributed by atoms with Crippen LogP contribution in [0.2, 0.25) is 0 Å². The zero-order valence-corrected chi connectivity index (χ0v) is 17.3. The van der Waals surface area contributed by atoms with Crippen molar-refractivity contribution in [2.45, 2.75) is 38.2 Å². The molecule has 1 aliphatic carbocycles. The summed E-state index contributed by atoms with van der Waals surface area (Å²) in [6.45, 7) is 0.530. The molecule has 0 atom stereocenters. The average molecular weight is 420 g/mol. The van der Waals surface area contributed by atoms with Crippen molar-refractivity contribution in [1.29, 1.82) is 0 Å². The average Bonchev–Trinajstić information content (AvgIpc) is 3.52. The van der Waals surface area contributed by atoms with E-state index < -0.39 is 5.91 Å². The first-order chi connectivity index (χ1) is 15.1. The van der Waals surface area contributed by atoms with Crippen LogP contribution in [0, 0.1) is 0 Å². The monoisotopic (exact) mass is 420 g/mol. The number of primary amides is 1. The quantitative estimate of drug-likeness (QED) is 0.654. The summed E-state index contributed by atoms with van der Waals surface area (Å²) in [6, 6.07) is 7.51. The van der Waals surface area contributed by atoms with Gasteiger partial charge in [-0.3, -0.25) is 9.48 Å². The minimum atomic E-state index is -0.470. The second-order valence-corrected chi connectivity index (χ2v) is 8.00. The van der Waals surface area contributed by atoms with Gasteiger partial charge >= 0.3 is 0 Å². The maximum atomic E-state index is 12.3. The first kappa shape index (κ1) is 19.4. The Morgan fingerprint density at radius 3 is 2.77 bits per heavy atom. The number of fused-ring (bicyclic) bond motifs is 1. The summed E-state index contributed by atoms with van der Waals surface area (Å²) in [5.41, 5.74) is 9.38. The summed E-state index contributed by atoms with van der Waals surface area (Å²) in [7, 11) is 1.84. The first-order valence-corrected chi connectivity index (χ1v) is 10.4. The number of benzene rings is 1. The zero-order chi connectivity index (χ0) is 21.4. The van der Waals surface area contributed by atoms with Gasteiger partial charge in [0.1, 0.15) is 6.61 Å². The van der Waals surface area contributed by atoms with E-state index in [1.165, 1.54) is 0 Å². The standard InChI is InChI=1S/C23H24N4O4/c1-27-11-16(10-25-27)17-9-18(22(24)28)21(15-4-2-3-5-15)26-23(17)29-12-14-6-7-19-20(8-14)31-13-30-19/h6-11,15H,2-5,12-13H2,1H3,(H2,24,28). The summed E-state index contributed by atoms with van der Waals surface area (Å²) in [6.07, 6.45) is 7.85. The van der Waals surface area contributed by atoms with Crippen LogP contribution in [0.1, 0.15) is 53.2 Å². The number of hydrogen-bond donors (Lipinski definition) is 1. The van der Waals surface area contributed by atoms with Gasteiger partial charge in [-0.25, -0.2) is 4.98 Å². The highest BCUT2D eigenvalue weighted by Crippen LogP contribution is 2.39. The second-order valence-electron chi connectivity index (χ2n) is 8.00. The van der Waals surface area contributed by atoms with Crippen LogP contribution in [0.15, 0.2) is 36.7 Å². The van der Waals surface area contributed by atoms with E-state index in [0.29, 0.717) is 29.4 Å². The molecule has 8 heteroatoms. The molecular weight excluding hydrogens is 396 g/mol. The van der Waals surface area contributed by atoms with Gasteiger partial charge in [0, 0.05) is 30.3 Å². The Morgan fingerprint density at radius 2 is 2.03 bits per heavy atom. The summed E-state index contributed by atoms with van der Waals surface area (Å²) in [5, 5.41) is 4.25. The first-order valence-electron chi connectivity index (χ1n) is 10.4. The zero-order valence-electron chi connectivity index (χ0n) is 17.3. The van der Waals surface area contributed by atoms with Crippen molar-refractivity contribution in [1.82, 2.24) is 14.8 Å². The number of pyridine rings is 1. The fourth-order valence-corrected chi connectivity index (χ4v) is 4.28. The maximum Gasteiger partial charge on any atom is 0.250 e. The molecule has 31 heavy (non-hydrogen) atoms. The van der Waals surface area contributed by atoms with Gasteiger partial charge in [-0.1, -0.05) is 18.9 Å². The van der Waals surface area contributed by atoms with Gasteiger partial charge < -0.3 is 19.9 Å².